The first-order valence-electron chi connectivity index (χ1n) is 9.61. The number of methoxy groups -OCH3 is 1. The Hall–Kier alpha value is -3.38. The van der Waals surface area contributed by atoms with Crippen LogP contribution in [0.25, 0.3) is 11.0 Å². The summed E-state index contributed by atoms with van der Waals surface area (Å²) < 4.78 is 26.1. The summed E-state index contributed by atoms with van der Waals surface area (Å²) >= 11 is 6.03. The number of H-pyrrole nitrogens is 1. The molecule has 31 heavy (non-hydrogen) atoms. The molecule has 0 aliphatic heterocycles. The van der Waals surface area contributed by atoms with Crippen molar-refractivity contribution in [2.24, 2.45) is 0 Å². The number of pyridine rings is 1. The molecule has 0 bridgehead atoms. The number of carbonyl (C=O) groups excluding carboxylic acids is 1. The maximum Gasteiger partial charge on any atom is 0.202 e. The van der Waals surface area contributed by atoms with Gasteiger partial charge >= 0.3 is 0 Å². The van der Waals surface area contributed by atoms with E-state index in [2.05, 4.69) is 16.0 Å². The van der Waals surface area contributed by atoms with E-state index in [0.29, 0.717) is 16.1 Å². The largest absolute Gasteiger partial charge is 0.492 e. The van der Waals surface area contributed by atoms with Crippen molar-refractivity contribution in [1.82, 2.24) is 9.97 Å². The van der Waals surface area contributed by atoms with Crippen molar-refractivity contribution in [3.63, 3.8) is 0 Å². The smallest absolute Gasteiger partial charge is 0.202 e. The zero-order valence-corrected chi connectivity index (χ0v) is 18.0. The average molecular weight is 439 g/mol. The molecule has 0 saturated heterocycles. The topological polar surface area (TPSA) is 64.2 Å². The van der Waals surface area contributed by atoms with Gasteiger partial charge in [0.25, 0.3) is 0 Å². The Balaban J connectivity index is 1.72. The van der Waals surface area contributed by atoms with Gasteiger partial charge < -0.3 is 14.5 Å². The molecule has 4 rings (SSSR count). The predicted octanol–water partition coefficient (Wildman–Crippen LogP) is 5.79. The normalized spacial score (nSPS) is 11.0. The lowest BCUT2D eigenvalue weighted by molar-refractivity contribution is 0.103. The minimum Gasteiger partial charge on any atom is -0.492 e. The number of nitrogens with one attached hydrogen (secondary N) is 1. The highest BCUT2D eigenvalue weighted by Crippen LogP contribution is 2.36. The van der Waals surface area contributed by atoms with Gasteiger partial charge in [0.1, 0.15) is 23.6 Å². The van der Waals surface area contributed by atoms with Crippen LogP contribution in [0, 0.1) is 19.7 Å². The summed E-state index contributed by atoms with van der Waals surface area (Å²) in [4.78, 5) is 20.3. The molecule has 0 atom stereocenters. The Labute approximate surface area is 183 Å². The third-order valence-electron chi connectivity index (χ3n) is 5.13. The van der Waals surface area contributed by atoms with Gasteiger partial charge in [-0.2, -0.15) is 0 Å². The zero-order chi connectivity index (χ0) is 22.1. The van der Waals surface area contributed by atoms with Crippen molar-refractivity contribution in [3.05, 3.63) is 87.4 Å². The Bertz CT molecular complexity index is 1300. The maximum absolute atomic E-state index is 14.8. The van der Waals surface area contributed by atoms with Crippen LogP contribution in [-0.4, -0.2) is 22.9 Å². The molecule has 0 amide bonds. The summed E-state index contributed by atoms with van der Waals surface area (Å²) in [6.45, 7) is 4.28. The highest BCUT2D eigenvalue weighted by atomic mass is 35.5. The van der Waals surface area contributed by atoms with Crippen LogP contribution >= 0.6 is 11.6 Å². The van der Waals surface area contributed by atoms with Crippen molar-refractivity contribution in [3.8, 4) is 11.5 Å². The first kappa shape index (κ1) is 20.9. The molecule has 0 unspecified atom stereocenters. The van der Waals surface area contributed by atoms with Gasteiger partial charge in [0, 0.05) is 23.3 Å². The van der Waals surface area contributed by atoms with Crippen LogP contribution in [0.1, 0.15) is 32.6 Å². The molecular formula is C24H20ClFN2O3. The molecule has 0 aliphatic rings. The minimum absolute atomic E-state index is 0.0408. The second kappa shape index (κ2) is 8.40. The van der Waals surface area contributed by atoms with Gasteiger partial charge in [-0.1, -0.05) is 35.4 Å². The van der Waals surface area contributed by atoms with E-state index < -0.39 is 11.6 Å². The fourth-order valence-electron chi connectivity index (χ4n) is 3.53. The summed E-state index contributed by atoms with van der Waals surface area (Å²) in [7, 11) is 1.38. The Morgan fingerprint density at radius 1 is 1.19 bits per heavy atom. The van der Waals surface area contributed by atoms with Gasteiger partial charge in [-0.05, 0) is 43.2 Å². The molecule has 2 aromatic heterocycles. The first-order chi connectivity index (χ1) is 14.9. The SMILES string of the molecule is COc1c(OCc2ccc(C)cc2C)ccc(F)c1C(=O)c1c[nH]c2ncc(Cl)cc12. The third kappa shape index (κ3) is 3.99. The molecule has 0 spiro atoms. The van der Waals surface area contributed by atoms with Crippen LogP contribution < -0.4 is 9.47 Å². The number of halogens is 2. The van der Waals surface area contributed by atoms with Crippen LogP contribution in [0.2, 0.25) is 5.02 Å². The Morgan fingerprint density at radius 3 is 2.74 bits per heavy atom. The van der Waals surface area contributed by atoms with Crippen LogP contribution in [0.15, 0.2) is 48.8 Å². The molecule has 2 heterocycles. The molecule has 0 saturated carbocycles. The number of rotatable bonds is 6. The summed E-state index contributed by atoms with van der Waals surface area (Å²) in [6, 6.07) is 10.3. The van der Waals surface area contributed by atoms with Crippen molar-refractivity contribution in [2.75, 3.05) is 7.11 Å². The molecule has 158 valence electrons. The van der Waals surface area contributed by atoms with Gasteiger partial charge in [0.05, 0.1) is 12.1 Å². The van der Waals surface area contributed by atoms with E-state index in [-0.39, 0.29) is 29.2 Å². The third-order valence-corrected chi connectivity index (χ3v) is 5.33. The van der Waals surface area contributed by atoms with E-state index in [1.165, 1.54) is 31.6 Å². The number of aryl methyl sites for hydroxylation is 2. The standard InChI is InChI=1S/C24H20ClFN2O3/c1-13-4-5-15(14(2)8-13)12-31-20-7-6-19(26)21(23(20)30-3)22(29)18-11-28-24-17(18)9-16(25)10-27-24/h4-11H,12H2,1-3H3,(H,27,28). The van der Waals surface area contributed by atoms with E-state index in [1.54, 1.807) is 6.07 Å². The minimum atomic E-state index is -0.704. The molecule has 2 aromatic carbocycles. The number of benzene rings is 2. The van der Waals surface area contributed by atoms with Gasteiger partial charge in [0.15, 0.2) is 11.5 Å². The van der Waals surface area contributed by atoms with Crippen LogP contribution in [0.5, 0.6) is 11.5 Å². The number of hydrogen-bond acceptors (Lipinski definition) is 4. The summed E-state index contributed by atoms with van der Waals surface area (Å²) in [5, 5.41) is 0.875. The summed E-state index contributed by atoms with van der Waals surface area (Å²) in [5.41, 5.74) is 3.74. The van der Waals surface area contributed by atoms with E-state index in [0.717, 1.165) is 16.7 Å². The highest BCUT2D eigenvalue weighted by molar-refractivity contribution is 6.31. The summed E-state index contributed by atoms with van der Waals surface area (Å²) in [6.07, 6.45) is 2.95. The van der Waals surface area contributed by atoms with E-state index in [9.17, 15) is 9.18 Å². The molecule has 1 N–H and O–H groups in total. The van der Waals surface area contributed by atoms with E-state index >= 15 is 0 Å². The Kier molecular flexibility index (Phi) is 5.65. The van der Waals surface area contributed by atoms with Gasteiger partial charge in [-0.25, -0.2) is 9.37 Å². The number of carbonyl (C=O) groups is 1. The van der Waals surface area contributed by atoms with Crippen molar-refractivity contribution in [2.45, 2.75) is 20.5 Å². The van der Waals surface area contributed by atoms with Crippen LogP contribution in [0.3, 0.4) is 0 Å². The number of nitrogens with zero attached hydrogens (tertiary/aromatic N) is 1. The molecule has 0 radical (unpaired) electrons. The number of fused-ring (bicyclic) bond motifs is 1. The van der Waals surface area contributed by atoms with Gasteiger partial charge in [0.2, 0.25) is 5.78 Å². The van der Waals surface area contributed by atoms with E-state index in [4.69, 9.17) is 21.1 Å². The quantitative estimate of drug-likeness (QED) is 0.387. The lowest BCUT2D eigenvalue weighted by Crippen LogP contribution is -2.09. The fourth-order valence-corrected chi connectivity index (χ4v) is 3.69. The second-order valence-electron chi connectivity index (χ2n) is 7.25. The Morgan fingerprint density at radius 2 is 2.00 bits per heavy atom. The lowest BCUT2D eigenvalue weighted by Gasteiger charge is -2.15. The van der Waals surface area contributed by atoms with Gasteiger partial charge in [-0.3, -0.25) is 4.79 Å². The second-order valence-corrected chi connectivity index (χ2v) is 7.69. The molecule has 5 nitrogen and oxygen atoms in total. The first-order valence-corrected chi connectivity index (χ1v) is 9.99. The van der Waals surface area contributed by atoms with Crippen LogP contribution in [-0.2, 0) is 6.61 Å². The zero-order valence-electron chi connectivity index (χ0n) is 17.3. The maximum atomic E-state index is 14.8. The molecule has 0 aliphatic carbocycles. The van der Waals surface area contributed by atoms with E-state index in [1.807, 2.05) is 26.0 Å². The number of aromatic amines is 1. The van der Waals surface area contributed by atoms with Gasteiger partial charge in [-0.15, -0.1) is 0 Å². The number of aromatic nitrogens is 2. The lowest BCUT2D eigenvalue weighted by atomic mass is 10.0. The molecule has 4 aromatic rings. The van der Waals surface area contributed by atoms with Crippen LogP contribution in [0.4, 0.5) is 4.39 Å². The van der Waals surface area contributed by atoms with Crippen molar-refractivity contribution < 1.29 is 18.7 Å². The molecular weight excluding hydrogens is 419 g/mol. The average Bonchev–Trinajstić information content (AvgIpc) is 3.16. The van der Waals surface area contributed by atoms with Crippen molar-refractivity contribution >= 4 is 28.4 Å². The summed E-state index contributed by atoms with van der Waals surface area (Å²) in [5.74, 6) is -0.936. The molecule has 7 heteroatoms. The molecule has 0 fully saturated rings. The highest BCUT2D eigenvalue weighted by Gasteiger charge is 2.25. The number of hydrogen-bond donors (Lipinski definition) is 1. The fraction of sp³-hybridized carbons (Fsp3) is 0.167. The predicted molar refractivity (Wildman–Crippen MR) is 118 cm³/mol. The number of ether oxygens (including phenoxy) is 2. The monoisotopic (exact) mass is 438 g/mol. The van der Waals surface area contributed by atoms with Crippen molar-refractivity contribution in [1.29, 1.82) is 0 Å². The number of ketones is 1.